The van der Waals surface area contributed by atoms with Crippen LogP contribution in [0.3, 0.4) is 0 Å². The van der Waals surface area contributed by atoms with Crippen LogP contribution in [0.25, 0.3) is 6.08 Å². The zero-order valence-electron chi connectivity index (χ0n) is 18.1. The lowest BCUT2D eigenvalue weighted by Crippen LogP contribution is -2.13. The Morgan fingerprint density at radius 2 is 1.88 bits per heavy atom. The van der Waals surface area contributed by atoms with Crippen LogP contribution in [-0.4, -0.2) is 13.0 Å². The van der Waals surface area contributed by atoms with Crippen molar-refractivity contribution in [1.29, 1.82) is 5.26 Å². The van der Waals surface area contributed by atoms with E-state index in [2.05, 4.69) is 5.32 Å². The molecule has 0 aliphatic rings. The number of carbonyl (C=O) groups excluding carboxylic acids is 1. The number of halogens is 1. The first kappa shape index (κ1) is 22.9. The highest BCUT2D eigenvalue weighted by Gasteiger charge is 2.13. The Hall–Kier alpha value is -3.75. The molecule has 0 spiro atoms. The van der Waals surface area contributed by atoms with E-state index in [4.69, 9.17) is 21.1 Å². The number of benzene rings is 3. The van der Waals surface area contributed by atoms with E-state index in [1.807, 2.05) is 50.2 Å². The molecule has 0 saturated heterocycles. The molecule has 0 radical (unpaired) electrons. The van der Waals surface area contributed by atoms with Crippen LogP contribution in [0.2, 0.25) is 5.02 Å². The van der Waals surface area contributed by atoms with Crippen molar-refractivity contribution in [2.75, 3.05) is 12.4 Å². The molecule has 1 N–H and O–H groups in total. The summed E-state index contributed by atoms with van der Waals surface area (Å²) in [5.74, 6) is 0.564. The molecule has 32 heavy (non-hydrogen) atoms. The predicted molar refractivity (Wildman–Crippen MR) is 127 cm³/mol. The summed E-state index contributed by atoms with van der Waals surface area (Å²) in [6, 6.07) is 20.1. The minimum atomic E-state index is -0.497. The minimum Gasteiger partial charge on any atom is -0.497 e. The van der Waals surface area contributed by atoms with Crippen molar-refractivity contribution >= 4 is 29.3 Å². The second-order valence-electron chi connectivity index (χ2n) is 7.21. The Bertz CT molecular complexity index is 1210. The predicted octanol–water partition coefficient (Wildman–Crippen LogP) is 6.09. The molecule has 0 fully saturated rings. The number of anilines is 1. The second-order valence-corrected chi connectivity index (χ2v) is 7.61. The molecule has 6 heteroatoms. The van der Waals surface area contributed by atoms with Gasteiger partial charge in [-0.1, -0.05) is 35.9 Å². The summed E-state index contributed by atoms with van der Waals surface area (Å²) >= 11 is 6.22. The van der Waals surface area contributed by atoms with Crippen LogP contribution < -0.4 is 14.8 Å². The van der Waals surface area contributed by atoms with Crippen molar-refractivity contribution in [2.45, 2.75) is 20.5 Å². The molecule has 0 atom stereocenters. The number of methoxy groups -OCH3 is 1. The van der Waals surface area contributed by atoms with Crippen molar-refractivity contribution in [3.63, 3.8) is 0 Å². The number of nitrogens with zero attached hydrogens (tertiary/aromatic N) is 1. The molecule has 5 nitrogen and oxygen atoms in total. The SMILES string of the molecule is COc1ccc(/C=C(\C#N)C(=O)Nc2ccc(C)c(C)c2)c(OCc2ccccc2Cl)c1. The van der Waals surface area contributed by atoms with Crippen molar-refractivity contribution < 1.29 is 14.3 Å². The van der Waals surface area contributed by atoms with E-state index in [0.717, 1.165) is 16.7 Å². The lowest BCUT2D eigenvalue weighted by atomic mass is 10.1. The standard InChI is InChI=1S/C26H23ClN2O3/c1-17-8-10-22(12-18(17)2)29-26(30)21(15-28)13-19-9-11-23(31-3)14-25(19)32-16-20-6-4-5-7-24(20)27/h4-14H,16H2,1-3H3,(H,29,30)/b21-13+. The molecule has 0 aromatic heterocycles. The Kier molecular flexibility index (Phi) is 7.54. The summed E-state index contributed by atoms with van der Waals surface area (Å²) in [7, 11) is 1.56. The third kappa shape index (κ3) is 5.69. The summed E-state index contributed by atoms with van der Waals surface area (Å²) in [5.41, 5.74) is 4.15. The van der Waals surface area contributed by atoms with Gasteiger partial charge < -0.3 is 14.8 Å². The number of carbonyl (C=O) groups is 1. The molecule has 0 saturated carbocycles. The van der Waals surface area contributed by atoms with Crippen molar-refractivity contribution in [1.82, 2.24) is 0 Å². The molecule has 0 aliphatic heterocycles. The summed E-state index contributed by atoms with van der Waals surface area (Å²) in [4.78, 5) is 12.7. The fourth-order valence-corrected chi connectivity index (χ4v) is 3.17. The van der Waals surface area contributed by atoms with E-state index in [0.29, 0.717) is 27.8 Å². The zero-order chi connectivity index (χ0) is 23.1. The molecule has 0 aliphatic carbocycles. The first-order chi connectivity index (χ1) is 15.4. The fourth-order valence-electron chi connectivity index (χ4n) is 2.98. The first-order valence-electron chi connectivity index (χ1n) is 9.96. The number of hydrogen-bond donors (Lipinski definition) is 1. The van der Waals surface area contributed by atoms with Gasteiger partial charge in [-0.05, 0) is 61.4 Å². The third-order valence-electron chi connectivity index (χ3n) is 4.99. The van der Waals surface area contributed by atoms with Gasteiger partial charge in [0.2, 0.25) is 0 Å². The van der Waals surface area contributed by atoms with E-state index in [9.17, 15) is 10.1 Å². The monoisotopic (exact) mass is 446 g/mol. The Morgan fingerprint density at radius 1 is 1.09 bits per heavy atom. The average molecular weight is 447 g/mol. The van der Waals surface area contributed by atoms with Gasteiger partial charge in [-0.2, -0.15) is 5.26 Å². The number of aryl methyl sites for hydroxylation is 2. The molecule has 162 valence electrons. The number of rotatable bonds is 7. The van der Waals surface area contributed by atoms with Gasteiger partial charge >= 0.3 is 0 Å². The van der Waals surface area contributed by atoms with E-state index in [1.165, 1.54) is 6.08 Å². The summed E-state index contributed by atoms with van der Waals surface area (Å²) < 4.78 is 11.3. The van der Waals surface area contributed by atoms with Crippen molar-refractivity contribution in [3.05, 3.63) is 93.5 Å². The smallest absolute Gasteiger partial charge is 0.266 e. The van der Waals surface area contributed by atoms with Crippen LogP contribution in [0, 0.1) is 25.2 Å². The molecular weight excluding hydrogens is 424 g/mol. The lowest BCUT2D eigenvalue weighted by molar-refractivity contribution is -0.112. The van der Waals surface area contributed by atoms with E-state index >= 15 is 0 Å². The molecule has 0 heterocycles. The van der Waals surface area contributed by atoms with Gasteiger partial charge in [0.1, 0.15) is 29.7 Å². The highest BCUT2D eigenvalue weighted by Crippen LogP contribution is 2.29. The second kappa shape index (κ2) is 10.5. The number of nitrogens with one attached hydrogen (secondary N) is 1. The maximum absolute atomic E-state index is 12.7. The largest absolute Gasteiger partial charge is 0.497 e. The first-order valence-corrected chi connectivity index (χ1v) is 10.3. The number of amides is 1. The molecule has 0 unspecified atom stereocenters. The van der Waals surface area contributed by atoms with Crippen LogP contribution >= 0.6 is 11.6 Å². The Morgan fingerprint density at radius 3 is 2.56 bits per heavy atom. The van der Waals surface area contributed by atoms with Crippen molar-refractivity contribution in [3.8, 4) is 17.6 Å². The highest BCUT2D eigenvalue weighted by atomic mass is 35.5. The van der Waals surface area contributed by atoms with E-state index in [1.54, 1.807) is 37.4 Å². The van der Waals surface area contributed by atoms with Gasteiger partial charge in [-0.25, -0.2) is 0 Å². The van der Waals surface area contributed by atoms with Gasteiger partial charge in [-0.15, -0.1) is 0 Å². The summed E-state index contributed by atoms with van der Waals surface area (Å²) in [6.45, 7) is 4.19. The van der Waals surface area contributed by atoms with Gasteiger partial charge in [0, 0.05) is 27.9 Å². The number of nitriles is 1. The van der Waals surface area contributed by atoms with E-state index < -0.39 is 5.91 Å². The van der Waals surface area contributed by atoms with Crippen LogP contribution in [-0.2, 0) is 11.4 Å². The zero-order valence-corrected chi connectivity index (χ0v) is 18.9. The quantitative estimate of drug-likeness (QED) is 0.352. The Balaban J connectivity index is 1.87. The number of ether oxygens (including phenoxy) is 2. The fraction of sp³-hybridized carbons (Fsp3) is 0.154. The molecule has 3 aromatic carbocycles. The Labute approximate surface area is 192 Å². The molecular formula is C26H23ClN2O3. The molecule has 0 bridgehead atoms. The molecule has 3 aromatic rings. The summed E-state index contributed by atoms with van der Waals surface area (Å²) in [6.07, 6.45) is 1.50. The normalized spacial score (nSPS) is 10.9. The van der Waals surface area contributed by atoms with Gasteiger partial charge in [0.05, 0.1) is 7.11 Å². The van der Waals surface area contributed by atoms with Gasteiger partial charge in [0.25, 0.3) is 5.91 Å². The number of hydrogen-bond acceptors (Lipinski definition) is 4. The van der Waals surface area contributed by atoms with Crippen LogP contribution in [0.15, 0.2) is 66.2 Å². The molecule has 3 rings (SSSR count). The third-order valence-corrected chi connectivity index (χ3v) is 5.36. The highest BCUT2D eigenvalue weighted by molar-refractivity contribution is 6.31. The molecule has 1 amide bonds. The average Bonchev–Trinajstić information content (AvgIpc) is 2.79. The lowest BCUT2D eigenvalue weighted by Gasteiger charge is -2.12. The van der Waals surface area contributed by atoms with E-state index in [-0.39, 0.29) is 12.2 Å². The maximum Gasteiger partial charge on any atom is 0.266 e. The van der Waals surface area contributed by atoms with Gasteiger partial charge in [0.15, 0.2) is 0 Å². The topological polar surface area (TPSA) is 71.3 Å². The summed E-state index contributed by atoms with van der Waals surface area (Å²) in [5, 5.41) is 13.0. The van der Waals surface area contributed by atoms with Crippen LogP contribution in [0.4, 0.5) is 5.69 Å². The minimum absolute atomic E-state index is 0.0454. The van der Waals surface area contributed by atoms with Gasteiger partial charge in [-0.3, -0.25) is 4.79 Å². The van der Waals surface area contributed by atoms with Crippen LogP contribution in [0.1, 0.15) is 22.3 Å². The maximum atomic E-state index is 12.7. The van der Waals surface area contributed by atoms with Crippen LogP contribution in [0.5, 0.6) is 11.5 Å². The van der Waals surface area contributed by atoms with Crippen molar-refractivity contribution in [2.24, 2.45) is 0 Å².